The number of pyridine rings is 1. The minimum absolute atomic E-state index is 0.251. The van der Waals surface area contributed by atoms with E-state index in [4.69, 9.17) is 11.6 Å². The largest absolute Gasteiger partial charge is 0.378 e. The standard InChI is InChI=1S/C21H23ClFN5O/c1-24-21(29)16-10-26-20-15(6-8-25-20)19(16)27-18-7-9-28(12-17(18)23)11-13-2-4-14(22)5-3-13/h2-6,8,10,17-18H,7,9,11-12H2,1H3,(H,24,29)(H2,25,26,27)/t17-,18-/m1/s1. The Labute approximate surface area is 173 Å². The highest BCUT2D eigenvalue weighted by atomic mass is 35.5. The third kappa shape index (κ3) is 4.21. The van der Waals surface area contributed by atoms with E-state index < -0.39 is 6.17 Å². The molecule has 4 rings (SSSR count). The Morgan fingerprint density at radius 2 is 2.14 bits per heavy atom. The molecule has 1 amide bonds. The average Bonchev–Trinajstić information content (AvgIpc) is 3.20. The van der Waals surface area contributed by atoms with Crippen molar-refractivity contribution in [3.63, 3.8) is 0 Å². The zero-order valence-electron chi connectivity index (χ0n) is 16.1. The number of anilines is 1. The van der Waals surface area contributed by atoms with Crippen LogP contribution in [0.3, 0.4) is 0 Å². The van der Waals surface area contributed by atoms with E-state index >= 15 is 4.39 Å². The molecule has 1 aliphatic rings. The lowest BCUT2D eigenvalue weighted by Gasteiger charge is -2.36. The molecule has 3 heterocycles. The Kier molecular flexibility index (Phi) is 5.69. The zero-order valence-corrected chi connectivity index (χ0v) is 16.8. The number of nitrogens with zero attached hydrogens (tertiary/aromatic N) is 2. The SMILES string of the molecule is CNC(=O)c1cnc2[nH]ccc2c1N[C@@H]1CCN(Cc2ccc(Cl)cc2)C[C@H]1F. The number of hydrogen-bond acceptors (Lipinski definition) is 4. The van der Waals surface area contributed by atoms with Crippen LogP contribution in [0, 0.1) is 0 Å². The number of amides is 1. The summed E-state index contributed by atoms with van der Waals surface area (Å²) in [5, 5.41) is 7.39. The normalized spacial score (nSPS) is 20.0. The highest BCUT2D eigenvalue weighted by Gasteiger charge is 2.30. The molecule has 0 radical (unpaired) electrons. The topological polar surface area (TPSA) is 73.0 Å². The van der Waals surface area contributed by atoms with Gasteiger partial charge in [0, 0.05) is 49.5 Å². The van der Waals surface area contributed by atoms with Gasteiger partial charge in [-0.25, -0.2) is 9.37 Å². The summed E-state index contributed by atoms with van der Waals surface area (Å²) in [6, 6.07) is 9.11. The number of aromatic nitrogens is 2. The van der Waals surface area contributed by atoms with Crippen LogP contribution in [-0.2, 0) is 6.54 Å². The third-order valence-corrected chi connectivity index (χ3v) is 5.58. The molecule has 1 saturated heterocycles. The van der Waals surface area contributed by atoms with Crippen LogP contribution in [0.2, 0.25) is 5.02 Å². The number of hydrogen-bond donors (Lipinski definition) is 3. The summed E-state index contributed by atoms with van der Waals surface area (Å²) in [4.78, 5) is 21.7. The van der Waals surface area contributed by atoms with Crippen LogP contribution in [0.1, 0.15) is 22.3 Å². The van der Waals surface area contributed by atoms with Gasteiger partial charge in [0.15, 0.2) is 0 Å². The van der Waals surface area contributed by atoms with Crippen LogP contribution in [0.5, 0.6) is 0 Å². The van der Waals surface area contributed by atoms with Crippen molar-refractivity contribution in [2.75, 3.05) is 25.5 Å². The zero-order chi connectivity index (χ0) is 20.4. The van der Waals surface area contributed by atoms with Crippen LogP contribution < -0.4 is 10.6 Å². The summed E-state index contributed by atoms with van der Waals surface area (Å²) in [5.74, 6) is -0.251. The molecule has 3 aromatic rings. The quantitative estimate of drug-likeness (QED) is 0.595. The van der Waals surface area contributed by atoms with Gasteiger partial charge in [-0.2, -0.15) is 0 Å². The second-order valence-corrected chi connectivity index (χ2v) is 7.72. The molecule has 1 aromatic carbocycles. The molecule has 0 bridgehead atoms. The molecule has 152 valence electrons. The second-order valence-electron chi connectivity index (χ2n) is 7.28. The Morgan fingerprint density at radius 3 is 2.86 bits per heavy atom. The summed E-state index contributed by atoms with van der Waals surface area (Å²) < 4.78 is 15.0. The van der Waals surface area contributed by atoms with Crippen molar-refractivity contribution in [3.8, 4) is 0 Å². The van der Waals surface area contributed by atoms with Crippen LogP contribution in [0.25, 0.3) is 11.0 Å². The van der Waals surface area contributed by atoms with Gasteiger partial charge in [0.25, 0.3) is 5.91 Å². The first-order valence-corrected chi connectivity index (χ1v) is 9.98. The molecule has 2 atom stereocenters. The van der Waals surface area contributed by atoms with Crippen molar-refractivity contribution in [1.29, 1.82) is 0 Å². The maximum absolute atomic E-state index is 15.0. The summed E-state index contributed by atoms with van der Waals surface area (Å²) >= 11 is 5.94. The van der Waals surface area contributed by atoms with E-state index in [9.17, 15) is 4.79 Å². The smallest absolute Gasteiger partial charge is 0.254 e. The molecule has 1 fully saturated rings. The number of fused-ring (bicyclic) bond motifs is 1. The molecule has 29 heavy (non-hydrogen) atoms. The predicted octanol–water partition coefficient (Wildman–Crippen LogP) is 3.60. The number of nitrogens with one attached hydrogen (secondary N) is 3. The van der Waals surface area contributed by atoms with Crippen LogP contribution >= 0.6 is 11.6 Å². The molecule has 0 saturated carbocycles. The maximum Gasteiger partial charge on any atom is 0.254 e. The number of carbonyl (C=O) groups is 1. The molecule has 8 heteroatoms. The summed E-state index contributed by atoms with van der Waals surface area (Å²) in [5.41, 5.74) is 2.80. The van der Waals surface area contributed by atoms with E-state index in [1.165, 1.54) is 6.20 Å². The first-order valence-electron chi connectivity index (χ1n) is 9.60. The Hall–Kier alpha value is -2.64. The Balaban J connectivity index is 1.49. The van der Waals surface area contributed by atoms with Crippen molar-refractivity contribution in [2.24, 2.45) is 0 Å². The molecular formula is C21H23ClFN5O. The lowest BCUT2D eigenvalue weighted by molar-refractivity contribution is 0.0962. The van der Waals surface area contributed by atoms with Gasteiger partial charge in [-0.3, -0.25) is 9.69 Å². The van der Waals surface area contributed by atoms with Crippen LogP contribution in [-0.4, -0.2) is 53.1 Å². The van der Waals surface area contributed by atoms with Crippen molar-refractivity contribution in [2.45, 2.75) is 25.2 Å². The number of halogens is 2. The van der Waals surface area contributed by atoms with Crippen molar-refractivity contribution >= 4 is 34.2 Å². The van der Waals surface area contributed by atoms with E-state index in [1.54, 1.807) is 13.2 Å². The monoisotopic (exact) mass is 415 g/mol. The van der Waals surface area contributed by atoms with Crippen molar-refractivity contribution < 1.29 is 9.18 Å². The number of likely N-dealkylation sites (tertiary alicyclic amines) is 1. The first-order chi connectivity index (χ1) is 14.0. The number of benzene rings is 1. The summed E-state index contributed by atoms with van der Waals surface area (Å²) in [6.07, 6.45) is 2.85. The molecule has 1 aliphatic heterocycles. The highest BCUT2D eigenvalue weighted by Crippen LogP contribution is 2.29. The molecule has 0 aliphatic carbocycles. The molecular weight excluding hydrogens is 393 g/mol. The van der Waals surface area contributed by atoms with Gasteiger partial charge < -0.3 is 15.6 Å². The van der Waals surface area contributed by atoms with Gasteiger partial charge in [-0.05, 0) is 30.2 Å². The van der Waals surface area contributed by atoms with E-state index in [1.807, 2.05) is 30.3 Å². The fourth-order valence-electron chi connectivity index (χ4n) is 3.78. The number of piperidine rings is 1. The lowest BCUT2D eigenvalue weighted by Crippen LogP contribution is -2.47. The molecule has 0 unspecified atom stereocenters. The molecule has 0 spiro atoms. The summed E-state index contributed by atoms with van der Waals surface area (Å²) in [7, 11) is 1.57. The van der Waals surface area contributed by atoms with E-state index in [2.05, 4.69) is 25.5 Å². The summed E-state index contributed by atoms with van der Waals surface area (Å²) in [6.45, 7) is 1.78. The van der Waals surface area contributed by atoms with Crippen LogP contribution in [0.4, 0.5) is 10.1 Å². The third-order valence-electron chi connectivity index (χ3n) is 5.33. The van der Waals surface area contributed by atoms with Crippen LogP contribution in [0.15, 0.2) is 42.7 Å². The highest BCUT2D eigenvalue weighted by molar-refractivity contribution is 6.30. The number of alkyl halides is 1. The average molecular weight is 416 g/mol. The number of rotatable bonds is 5. The first kappa shape index (κ1) is 19.7. The fraction of sp³-hybridized carbons (Fsp3) is 0.333. The van der Waals surface area contributed by atoms with Gasteiger partial charge in [-0.1, -0.05) is 23.7 Å². The van der Waals surface area contributed by atoms with E-state index in [-0.39, 0.29) is 11.9 Å². The number of carbonyl (C=O) groups excluding carboxylic acids is 1. The number of aromatic amines is 1. The molecule has 6 nitrogen and oxygen atoms in total. The van der Waals surface area contributed by atoms with Gasteiger partial charge in [0.05, 0.1) is 17.3 Å². The minimum Gasteiger partial charge on any atom is -0.378 e. The molecule has 2 aromatic heterocycles. The van der Waals surface area contributed by atoms with Gasteiger partial charge >= 0.3 is 0 Å². The molecule has 3 N–H and O–H groups in total. The van der Waals surface area contributed by atoms with Crippen molar-refractivity contribution in [1.82, 2.24) is 20.2 Å². The van der Waals surface area contributed by atoms with E-state index in [0.717, 1.165) is 17.5 Å². The van der Waals surface area contributed by atoms with E-state index in [0.29, 0.717) is 41.4 Å². The maximum atomic E-state index is 15.0. The second kappa shape index (κ2) is 8.39. The Morgan fingerprint density at radius 1 is 1.34 bits per heavy atom. The lowest BCUT2D eigenvalue weighted by atomic mass is 10.0. The van der Waals surface area contributed by atoms with Crippen molar-refractivity contribution in [3.05, 3.63) is 58.9 Å². The predicted molar refractivity (Wildman–Crippen MR) is 113 cm³/mol. The fourth-order valence-corrected chi connectivity index (χ4v) is 3.90. The Bertz CT molecular complexity index is 1010. The van der Waals surface area contributed by atoms with Gasteiger partial charge in [0.1, 0.15) is 11.8 Å². The number of H-pyrrole nitrogens is 1. The minimum atomic E-state index is -1.06. The van der Waals surface area contributed by atoms with Gasteiger partial charge in [-0.15, -0.1) is 0 Å². The van der Waals surface area contributed by atoms with Gasteiger partial charge in [0.2, 0.25) is 0 Å².